The third-order valence-corrected chi connectivity index (χ3v) is 5.75. The molecule has 0 saturated carbocycles. The molecule has 1 aromatic rings. The van der Waals surface area contributed by atoms with E-state index in [9.17, 15) is 24.3 Å². The number of aryl methyl sites for hydroxylation is 2. The molecule has 3 rings (SSSR count). The minimum Gasteiger partial charge on any atom is -0.477 e. The molecule has 2 aliphatic rings. The highest BCUT2D eigenvalue weighted by Crippen LogP contribution is 2.40. The number of carboxylic acid groups (broad SMARTS) is 1. The number of esters is 1. The molecular weight excluding hydrogens is 388 g/mol. The lowest BCUT2D eigenvalue weighted by Gasteiger charge is -2.49. The number of carbonyl (C=O) groups excluding carboxylic acids is 3. The molecule has 3 heterocycles. The van der Waals surface area contributed by atoms with Gasteiger partial charge in [-0.15, -0.1) is 11.8 Å². The number of aromatic nitrogens is 2. The first-order valence-corrected chi connectivity index (χ1v) is 9.57. The number of carboxylic acids is 1. The van der Waals surface area contributed by atoms with Crippen molar-refractivity contribution in [3.05, 3.63) is 28.7 Å². The number of hydrogen-bond donors (Lipinski definition) is 2. The molecule has 11 heteroatoms. The molecule has 0 aliphatic carbocycles. The summed E-state index contributed by atoms with van der Waals surface area (Å²) in [6.45, 7) is 4.66. The van der Waals surface area contributed by atoms with Crippen LogP contribution in [0.3, 0.4) is 0 Å². The van der Waals surface area contributed by atoms with E-state index >= 15 is 0 Å². The summed E-state index contributed by atoms with van der Waals surface area (Å²) in [4.78, 5) is 48.6. The number of carbonyl (C=O) groups is 4. The molecule has 1 saturated heterocycles. The van der Waals surface area contributed by atoms with Crippen molar-refractivity contribution in [1.29, 1.82) is 0 Å². The second-order valence-corrected chi connectivity index (χ2v) is 7.68. The molecule has 10 nitrogen and oxygen atoms in total. The van der Waals surface area contributed by atoms with Crippen LogP contribution in [-0.4, -0.2) is 67.3 Å². The topological polar surface area (TPSA) is 131 Å². The molecule has 150 valence electrons. The van der Waals surface area contributed by atoms with Gasteiger partial charge in [0.15, 0.2) is 0 Å². The molecule has 2 atom stereocenters. The fourth-order valence-electron chi connectivity index (χ4n) is 3.17. The Hall–Kier alpha value is -2.82. The molecule has 2 N–H and O–H groups in total. The van der Waals surface area contributed by atoms with Crippen LogP contribution in [0, 0.1) is 13.8 Å². The maximum atomic E-state index is 12.5. The second-order valence-electron chi connectivity index (χ2n) is 6.58. The Bertz CT molecular complexity index is 892. The smallest absolute Gasteiger partial charge is 0.352 e. The van der Waals surface area contributed by atoms with E-state index in [2.05, 4.69) is 10.4 Å². The van der Waals surface area contributed by atoms with Gasteiger partial charge in [0.25, 0.3) is 5.91 Å². The van der Waals surface area contributed by atoms with E-state index in [0.29, 0.717) is 5.57 Å². The zero-order chi connectivity index (χ0) is 20.6. The highest BCUT2D eigenvalue weighted by molar-refractivity contribution is 8.00. The number of fused-ring (bicyclic) bond motifs is 1. The Morgan fingerprint density at radius 1 is 1.39 bits per heavy atom. The summed E-state index contributed by atoms with van der Waals surface area (Å²) >= 11 is 1.32. The standard InChI is InChI=1S/C17H20N4O6S/c1-8-4-9(2)20(19-8)5-12(23)18-13-15(24)21-14(17(25)26)11(6-27-10(3)22)7-28-16(13)21/h4,13,16H,5-7H2,1-3H3,(H,18,23)(H,25,26)/t13-,16+/m0/s1. The Kier molecular flexibility index (Phi) is 5.45. The van der Waals surface area contributed by atoms with Gasteiger partial charge in [0, 0.05) is 23.9 Å². The molecule has 0 spiro atoms. The zero-order valence-electron chi connectivity index (χ0n) is 15.6. The number of rotatable bonds is 6. The quantitative estimate of drug-likeness (QED) is 0.489. The van der Waals surface area contributed by atoms with Gasteiger partial charge in [-0.05, 0) is 19.9 Å². The minimum absolute atomic E-state index is 0.0276. The molecule has 0 radical (unpaired) electrons. The van der Waals surface area contributed by atoms with Crippen LogP contribution in [0.4, 0.5) is 0 Å². The molecule has 2 amide bonds. The summed E-state index contributed by atoms with van der Waals surface area (Å²) in [6.07, 6.45) is 0. The number of ether oxygens (including phenoxy) is 1. The van der Waals surface area contributed by atoms with Crippen molar-refractivity contribution < 1.29 is 29.0 Å². The number of thioether (sulfide) groups is 1. The van der Waals surface area contributed by atoms with Gasteiger partial charge in [-0.25, -0.2) is 4.79 Å². The highest BCUT2D eigenvalue weighted by Gasteiger charge is 2.54. The molecule has 1 fully saturated rings. The molecule has 1 aromatic heterocycles. The Morgan fingerprint density at radius 3 is 2.68 bits per heavy atom. The van der Waals surface area contributed by atoms with E-state index in [-0.39, 0.29) is 30.5 Å². The summed E-state index contributed by atoms with van der Waals surface area (Å²) in [7, 11) is 0. The number of hydrogen-bond acceptors (Lipinski definition) is 7. The van der Waals surface area contributed by atoms with Crippen LogP contribution >= 0.6 is 11.8 Å². The SMILES string of the molecule is CC(=O)OCC1=C(C(=O)O)N2C(=O)[C@H](NC(=O)Cn3nc(C)cc3C)[C@H]2SC1. The third kappa shape index (κ3) is 3.75. The Balaban J connectivity index is 1.69. The maximum absolute atomic E-state index is 12.5. The number of aliphatic carboxylic acids is 1. The monoisotopic (exact) mass is 408 g/mol. The van der Waals surface area contributed by atoms with Crippen molar-refractivity contribution in [2.24, 2.45) is 0 Å². The van der Waals surface area contributed by atoms with E-state index < -0.39 is 29.3 Å². The van der Waals surface area contributed by atoms with Crippen LogP contribution in [0.5, 0.6) is 0 Å². The molecule has 0 bridgehead atoms. The molecule has 2 aliphatic heterocycles. The largest absolute Gasteiger partial charge is 0.477 e. The molecule has 28 heavy (non-hydrogen) atoms. The van der Waals surface area contributed by atoms with E-state index in [1.165, 1.54) is 18.7 Å². The zero-order valence-corrected chi connectivity index (χ0v) is 16.4. The fourth-order valence-corrected chi connectivity index (χ4v) is 4.50. The van der Waals surface area contributed by atoms with Gasteiger partial charge in [-0.3, -0.25) is 24.0 Å². The van der Waals surface area contributed by atoms with Crippen LogP contribution in [0.2, 0.25) is 0 Å². The van der Waals surface area contributed by atoms with Crippen molar-refractivity contribution in [3.63, 3.8) is 0 Å². The normalized spacial score (nSPS) is 21.1. The number of amides is 2. The van der Waals surface area contributed by atoms with Crippen molar-refractivity contribution in [3.8, 4) is 0 Å². The first kappa shape index (κ1) is 19.9. The first-order chi connectivity index (χ1) is 13.2. The Morgan fingerprint density at radius 2 is 2.11 bits per heavy atom. The van der Waals surface area contributed by atoms with Crippen LogP contribution in [0.25, 0.3) is 0 Å². The second kappa shape index (κ2) is 7.66. The van der Waals surface area contributed by atoms with Crippen molar-refractivity contribution in [2.75, 3.05) is 12.4 Å². The van der Waals surface area contributed by atoms with Crippen LogP contribution < -0.4 is 5.32 Å². The van der Waals surface area contributed by atoms with Gasteiger partial charge in [0.05, 0.1) is 5.69 Å². The minimum atomic E-state index is -1.27. The van der Waals surface area contributed by atoms with Gasteiger partial charge in [-0.2, -0.15) is 5.10 Å². The van der Waals surface area contributed by atoms with E-state index in [1.807, 2.05) is 19.9 Å². The average Bonchev–Trinajstić information content (AvgIpc) is 2.93. The van der Waals surface area contributed by atoms with Gasteiger partial charge >= 0.3 is 11.9 Å². The lowest BCUT2D eigenvalue weighted by atomic mass is 10.0. The molecule has 0 aromatic carbocycles. The Labute approximate surface area is 164 Å². The number of nitrogens with zero attached hydrogens (tertiary/aromatic N) is 3. The van der Waals surface area contributed by atoms with Crippen molar-refractivity contribution in [2.45, 2.75) is 38.7 Å². The predicted molar refractivity (Wildman–Crippen MR) is 98.0 cm³/mol. The molecular formula is C17H20N4O6S. The third-order valence-electron chi connectivity index (χ3n) is 4.41. The van der Waals surface area contributed by atoms with Crippen LogP contribution in [-0.2, 0) is 30.5 Å². The fraction of sp³-hybridized carbons (Fsp3) is 0.471. The summed E-state index contributed by atoms with van der Waals surface area (Å²) in [5, 5.41) is 15.9. The van der Waals surface area contributed by atoms with Gasteiger partial charge in [0.1, 0.15) is 30.3 Å². The van der Waals surface area contributed by atoms with Crippen LogP contribution in [0.1, 0.15) is 18.3 Å². The predicted octanol–water partition coefficient (Wildman–Crippen LogP) is -0.198. The maximum Gasteiger partial charge on any atom is 0.352 e. The van der Waals surface area contributed by atoms with Gasteiger partial charge in [0.2, 0.25) is 5.91 Å². The molecule has 0 unspecified atom stereocenters. The average molecular weight is 408 g/mol. The van der Waals surface area contributed by atoms with Crippen molar-refractivity contribution in [1.82, 2.24) is 20.0 Å². The van der Waals surface area contributed by atoms with Crippen LogP contribution in [0.15, 0.2) is 17.3 Å². The number of β-lactam (4-membered cyclic amide) rings is 1. The van der Waals surface area contributed by atoms with E-state index in [1.54, 1.807) is 4.68 Å². The highest BCUT2D eigenvalue weighted by atomic mass is 32.2. The lowest BCUT2D eigenvalue weighted by Crippen LogP contribution is -2.70. The number of nitrogens with one attached hydrogen (secondary N) is 1. The van der Waals surface area contributed by atoms with E-state index in [4.69, 9.17) is 4.74 Å². The summed E-state index contributed by atoms with van der Waals surface area (Å²) in [5.74, 6) is -2.40. The van der Waals surface area contributed by atoms with Crippen molar-refractivity contribution >= 4 is 35.5 Å². The van der Waals surface area contributed by atoms with Gasteiger partial charge < -0.3 is 15.2 Å². The summed E-state index contributed by atoms with van der Waals surface area (Å²) in [5.41, 5.74) is 1.78. The lowest BCUT2D eigenvalue weighted by molar-refractivity contribution is -0.151. The summed E-state index contributed by atoms with van der Waals surface area (Å²) < 4.78 is 6.43. The van der Waals surface area contributed by atoms with E-state index in [0.717, 1.165) is 16.3 Å². The van der Waals surface area contributed by atoms with Gasteiger partial charge in [-0.1, -0.05) is 0 Å². The summed E-state index contributed by atoms with van der Waals surface area (Å²) in [6, 6.07) is 1.04. The first-order valence-electron chi connectivity index (χ1n) is 8.52.